The molecule has 3 aliphatic heterocycles. The minimum atomic E-state index is -0.841. The number of nitrogens with one attached hydrogen (secondary N) is 1. The molecule has 1 aromatic carbocycles. The summed E-state index contributed by atoms with van der Waals surface area (Å²) in [6, 6.07) is 10.8. The molecule has 0 spiro atoms. The van der Waals surface area contributed by atoms with Crippen molar-refractivity contribution in [3.8, 4) is 0 Å². The number of likely N-dealkylation sites (tertiary alicyclic amines) is 1. The van der Waals surface area contributed by atoms with Crippen LogP contribution in [0.1, 0.15) is 12.8 Å². The molecule has 3 saturated heterocycles. The number of nitrogens with zero attached hydrogens (tertiary/aromatic N) is 3. The molecule has 6 heteroatoms. The number of para-hydroxylation sites is 1. The standard InChI is InChI=1S/C19H27FN4O/c20-15-6-7-24(14-15)19(25)18-12-17(13-21-18)23-10-8-22(9-11-23)16-4-2-1-3-5-16/h1-5,15,17-18,21H,6-14H2/t15-,17+,18+/m1/s1. The van der Waals surface area contributed by atoms with E-state index in [1.54, 1.807) is 4.90 Å². The van der Waals surface area contributed by atoms with Gasteiger partial charge in [0.2, 0.25) is 5.91 Å². The molecule has 136 valence electrons. The highest BCUT2D eigenvalue weighted by atomic mass is 19.1. The SMILES string of the molecule is O=C([C@@H]1C[C@H](N2CCN(c3ccccc3)CC2)CN1)N1CC[C@@H](F)C1. The molecule has 1 N–H and O–H groups in total. The quantitative estimate of drug-likeness (QED) is 0.890. The first-order chi connectivity index (χ1) is 12.2. The molecule has 1 amide bonds. The van der Waals surface area contributed by atoms with Crippen molar-refractivity contribution in [2.45, 2.75) is 31.1 Å². The predicted octanol–water partition coefficient (Wildman–Crippen LogP) is 1.11. The lowest BCUT2D eigenvalue weighted by atomic mass is 10.1. The fourth-order valence-electron chi connectivity index (χ4n) is 4.31. The molecule has 0 unspecified atom stereocenters. The van der Waals surface area contributed by atoms with Crippen LogP contribution in [0.5, 0.6) is 0 Å². The summed E-state index contributed by atoms with van der Waals surface area (Å²) in [6.45, 7) is 5.80. The highest BCUT2D eigenvalue weighted by Crippen LogP contribution is 2.22. The predicted molar refractivity (Wildman–Crippen MR) is 96.5 cm³/mol. The Bertz CT molecular complexity index is 590. The van der Waals surface area contributed by atoms with Crippen LogP contribution in [0.15, 0.2) is 30.3 Å². The zero-order chi connectivity index (χ0) is 17.2. The smallest absolute Gasteiger partial charge is 0.239 e. The molecule has 5 nitrogen and oxygen atoms in total. The third-order valence-corrected chi connectivity index (χ3v) is 5.80. The van der Waals surface area contributed by atoms with Crippen LogP contribution in [-0.4, -0.2) is 79.8 Å². The highest BCUT2D eigenvalue weighted by Gasteiger charge is 2.37. The van der Waals surface area contributed by atoms with E-state index in [0.29, 0.717) is 19.0 Å². The molecular weight excluding hydrogens is 319 g/mol. The molecule has 25 heavy (non-hydrogen) atoms. The van der Waals surface area contributed by atoms with Gasteiger partial charge in [0.25, 0.3) is 0 Å². The van der Waals surface area contributed by atoms with Gasteiger partial charge in [0.1, 0.15) is 6.17 Å². The van der Waals surface area contributed by atoms with Gasteiger partial charge in [-0.15, -0.1) is 0 Å². The molecule has 3 aliphatic rings. The Morgan fingerprint density at radius 3 is 2.52 bits per heavy atom. The van der Waals surface area contributed by atoms with Crippen LogP contribution < -0.4 is 10.2 Å². The van der Waals surface area contributed by atoms with Crippen molar-refractivity contribution in [3.63, 3.8) is 0 Å². The van der Waals surface area contributed by atoms with Gasteiger partial charge in [-0.05, 0) is 25.0 Å². The Morgan fingerprint density at radius 2 is 1.84 bits per heavy atom. The number of alkyl halides is 1. The minimum absolute atomic E-state index is 0.0885. The average Bonchev–Trinajstić information content (AvgIpc) is 3.31. The summed E-state index contributed by atoms with van der Waals surface area (Å²) in [5.41, 5.74) is 1.29. The highest BCUT2D eigenvalue weighted by molar-refractivity contribution is 5.82. The molecule has 3 atom stereocenters. The Balaban J connectivity index is 1.28. The van der Waals surface area contributed by atoms with Crippen LogP contribution in [0.2, 0.25) is 0 Å². The number of amides is 1. The fraction of sp³-hybridized carbons (Fsp3) is 0.632. The summed E-state index contributed by atoms with van der Waals surface area (Å²) in [5, 5.41) is 3.37. The second-order valence-corrected chi connectivity index (χ2v) is 7.38. The number of benzene rings is 1. The van der Waals surface area contributed by atoms with Gasteiger partial charge in [-0.25, -0.2) is 4.39 Å². The summed E-state index contributed by atoms with van der Waals surface area (Å²) in [6.07, 6.45) is 0.494. The van der Waals surface area contributed by atoms with Crippen LogP contribution in [0, 0.1) is 0 Å². The number of anilines is 1. The molecule has 1 aromatic rings. The van der Waals surface area contributed by atoms with Crippen molar-refractivity contribution in [2.75, 3.05) is 50.7 Å². The lowest BCUT2D eigenvalue weighted by molar-refractivity contribution is -0.132. The Labute approximate surface area is 148 Å². The molecule has 0 aliphatic carbocycles. The van der Waals surface area contributed by atoms with E-state index in [9.17, 15) is 9.18 Å². The summed E-state index contributed by atoms with van der Waals surface area (Å²) < 4.78 is 13.3. The van der Waals surface area contributed by atoms with E-state index in [0.717, 1.165) is 39.1 Å². The zero-order valence-electron chi connectivity index (χ0n) is 14.6. The number of halogens is 1. The molecule has 0 bridgehead atoms. The van der Waals surface area contributed by atoms with Gasteiger partial charge in [-0.1, -0.05) is 18.2 Å². The van der Waals surface area contributed by atoms with E-state index < -0.39 is 6.17 Å². The van der Waals surface area contributed by atoms with E-state index in [1.165, 1.54) is 5.69 Å². The van der Waals surface area contributed by atoms with Crippen molar-refractivity contribution in [1.82, 2.24) is 15.1 Å². The molecule has 3 fully saturated rings. The first-order valence-electron chi connectivity index (χ1n) is 9.41. The lowest BCUT2D eigenvalue weighted by Crippen LogP contribution is -2.51. The Hall–Kier alpha value is -1.66. The third kappa shape index (κ3) is 3.65. The van der Waals surface area contributed by atoms with Crippen molar-refractivity contribution in [3.05, 3.63) is 30.3 Å². The molecule has 0 radical (unpaired) electrons. The minimum Gasteiger partial charge on any atom is -0.369 e. The Morgan fingerprint density at radius 1 is 1.08 bits per heavy atom. The largest absolute Gasteiger partial charge is 0.369 e. The first-order valence-corrected chi connectivity index (χ1v) is 9.41. The van der Waals surface area contributed by atoms with E-state index in [1.807, 2.05) is 6.07 Å². The van der Waals surface area contributed by atoms with Gasteiger partial charge < -0.3 is 15.1 Å². The van der Waals surface area contributed by atoms with Gasteiger partial charge in [0, 0.05) is 51.0 Å². The van der Waals surface area contributed by atoms with Crippen LogP contribution in [0.3, 0.4) is 0 Å². The topological polar surface area (TPSA) is 38.8 Å². The number of carbonyl (C=O) groups excluding carboxylic acids is 1. The van der Waals surface area contributed by atoms with Crippen molar-refractivity contribution >= 4 is 11.6 Å². The van der Waals surface area contributed by atoms with E-state index in [2.05, 4.69) is 39.4 Å². The van der Waals surface area contributed by atoms with Crippen LogP contribution in [-0.2, 0) is 4.79 Å². The van der Waals surface area contributed by atoms with Gasteiger partial charge in [-0.3, -0.25) is 9.69 Å². The molecule has 0 saturated carbocycles. The summed E-state index contributed by atoms with van der Waals surface area (Å²) in [5.74, 6) is 0.0885. The van der Waals surface area contributed by atoms with Crippen LogP contribution >= 0.6 is 0 Å². The maximum atomic E-state index is 13.3. The van der Waals surface area contributed by atoms with Crippen molar-refractivity contribution in [1.29, 1.82) is 0 Å². The summed E-state index contributed by atoms with van der Waals surface area (Å²) >= 11 is 0. The number of rotatable bonds is 3. The number of carbonyl (C=O) groups is 1. The van der Waals surface area contributed by atoms with Crippen LogP contribution in [0.25, 0.3) is 0 Å². The fourth-order valence-corrected chi connectivity index (χ4v) is 4.31. The van der Waals surface area contributed by atoms with E-state index in [4.69, 9.17) is 0 Å². The molecule has 4 rings (SSSR count). The first kappa shape index (κ1) is 16.8. The third-order valence-electron chi connectivity index (χ3n) is 5.80. The van der Waals surface area contributed by atoms with Crippen molar-refractivity contribution in [2.24, 2.45) is 0 Å². The molecule has 3 heterocycles. The van der Waals surface area contributed by atoms with E-state index in [-0.39, 0.29) is 18.5 Å². The molecule has 0 aromatic heterocycles. The normalized spacial score (nSPS) is 30.8. The number of piperazine rings is 1. The van der Waals surface area contributed by atoms with Gasteiger partial charge in [-0.2, -0.15) is 0 Å². The monoisotopic (exact) mass is 346 g/mol. The number of hydrogen-bond donors (Lipinski definition) is 1. The van der Waals surface area contributed by atoms with Gasteiger partial charge >= 0.3 is 0 Å². The van der Waals surface area contributed by atoms with Crippen molar-refractivity contribution < 1.29 is 9.18 Å². The van der Waals surface area contributed by atoms with Gasteiger partial charge in [0.15, 0.2) is 0 Å². The second-order valence-electron chi connectivity index (χ2n) is 7.38. The van der Waals surface area contributed by atoms with Gasteiger partial charge in [0.05, 0.1) is 12.6 Å². The zero-order valence-corrected chi connectivity index (χ0v) is 14.6. The van der Waals surface area contributed by atoms with Crippen LogP contribution in [0.4, 0.5) is 10.1 Å². The maximum absolute atomic E-state index is 13.3. The average molecular weight is 346 g/mol. The summed E-state index contributed by atoms with van der Waals surface area (Å²) in [7, 11) is 0. The molecular formula is C19H27FN4O. The van der Waals surface area contributed by atoms with E-state index >= 15 is 0 Å². The lowest BCUT2D eigenvalue weighted by Gasteiger charge is -2.39. The summed E-state index contributed by atoms with van der Waals surface area (Å²) in [4.78, 5) is 19.1. The Kier molecular flexibility index (Phi) is 4.90. The second kappa shape index (κ2) is 7.30. The number of hydrogen-bond acceptors (Lipinski definition) is 4. The maximum Gasteiger partial charge on any atom is 0.239 e.